The van der Waals surface area contributed by atoms with Crippen LogP contribution in [0, 0.1) is 0 Å². The number of aromatic nitrogens is 2. The van der Waals surface area contributed by atoms with Crippen LogP contribution >= 0.6 is 15.9 Å². The zero-order valence-corrected chi connectivity index (χ0v) is 10.2. The Bertz CT molecular complexity index is 308. The summed E-state index contributed by atoms with van der Waals surface area (Å²) in [5.74, 6) is 1.01. The van der Waals surface area contributed by atoms with Crippen LogP contribution in [0.1, 0.15) is 12.8 Å². The quantitative estimate of drug-likeness (QED) is 0.772. The molecule has 1 aromatic rings. The minimum Gasteiger partial charge on any atom is -0.385 e. The molecule has 0 spiro atoms. The number of nitrogen functional groups attached to an aromatic ring is 1. The van der Waals surface area contributed by atoms with Gasteiger partial charge < -0.3 is 15.8 Å². The van der Waals surface area contributed by atoms with Crippen molar-refractivity contribution >= 4 is 27.7 Å². The summed E-state index contributed by atoms with van der Waals surface area (Å²) in [4.78, 5) is 7.92. The lowest BCUT2D eigenvalue weighted by Crippen LogP contribution is -2.07. The van der Waals surface area contributed by atoms with Crippen molar-refractivity contribution in [2.24, 2.45) is 0 Å². The second-order valence-corrected chi connectivity index (χ2v) is 3.91. The van der Waals surface area contributed by atoms with E-state index in [1.165, 1.54) is 0 Å². The molecule has 0 aliphatic rings. The number of hydrogen-bond acceptors (Lipinski definition) is 5. The molecule has 0 bridgehead atoms. The maximum absolute atomic E-state index is 5.48. The van der Waals surface area contributed by atoms with Crippen LogP contribution in [0.2, 0.25) is 0 Å². The monoisotopic (exact) mass is 274 g/mol. The number of rotatable bonds is 6. The average molecular weight is 275 g/mol. The SMILES string of the molecule is COCCCCNc1nc(N)ncc1Br. The number of nitrogens with two attached hydrogens (primary N) is 1. The van der Waals surface area contributed by atoms with Gasteiger partial charge in [0.15, 0.2) is 0 Å². The lowest BCUT2D eigenvalue weighted by atomic mass is 10.3. The predicted molar refractivity (Wildman–Crippen MR) is 63.7 cm³/mol. The molecule has 1 heterocycles. The Hall–Kier alpha value is -0.880. The van der Waals surface area contributed by atoms with E-state index in [1.54, 1.807) is 13.3 Å². The second-order valence-electron chi connectivity index (χ2n) is 3.05. The Morgan fingerprint density at radius 1 is 1.53 bits per heavy atom. The minimum absolute atomic E-state index is 0.276. The van der Waals surface area contributed by atoms with Crippen LogP contribution in [0.15, 0.2) is 10.7 Å². The lowest BCUT2D eigenvalue weighted by Gasteiger charge is -2.07. The number of nitrogens with one attached hydrogen (secondary N) is 1. The number of hydrogen-bond donors (Lipinski definition) is 2. The van der Waals surface area contributed by atoms with E-state index in [2.05, 4.69) is 31.2 Å². The fraction of sp³-hybridized carbons (Fsp3) is 0.556. The third-order valence-electron chi connectivity index (χ3n) is 1.83. The number of halogens is 1. The molecule has 84 valence electrons. The summed E-state index contributed by atoms with van der Waals surface area (Å²) < 4.78 is 5.78. The van der Waals surface area contributed by atoms with Gasteiger partial charge in [-0.15, -0.1) is 0 Å². The second kappa shape index (κ2) is 6.58. The Labute approximate surface area is 97.6 Å². The van der Waals surface area contributed by atoms with Crippen molar-refractivity contribution in [3.63, 3.8) is 0 Å². The first kappa shape index (κ1) is 12.2. The standard InChI is InChI=1S/C9H15BrN4O/c1-15-5-3-2-4-12-8-7(10)6-13-9(11)14-8/h6H,2-5H2,1H3,(H3,11,12,13,14). The van der Waals surface area contributed by atoms with E-state index in [1.807, 2.05) is 0 Å². The largest absolute Gasteiger partial charge is 0.385 e. The topological polar surface area (TPSA) is 73.1 Å². The highest BCUT2D eigenvalue weighted by Crippen LogP contribution is 2.18. The number of methoxy groups -OCH3 is 1. The predicted octanol–water partition coefficient (Wildman–Crippen LogP) is 1.66. The van der Waals surface area contributed by atoms with Crippen LogP contribution < -0.4 is 11.1 Å². The molecule has 0 radical (unpaired) electrons. The van der Waals surface area contributed by atoms with E-state index in [9.17, 15) is 0 Å². The first-order valence-electron chi connectivity index (χ1n) is 4.75. The lowest BCUT2D eigenvalue weighted by molar-refractivity contribution is 0.194. The molecular formula is C9H15BrN4O. The summed E-state index contributed by atoms with van der Waals surface area (Å²) in [5.41, 5.74) is 5.48. The van der Waals surface area contributed by atoms with Crippen LogP contribution in [0.5, 0.6) is 0 Å². The van der Waals surface area contributed by atoms with E-state index < -0.39 is 0 Å². The number of unbranched alkanes of at least 4 members (excludes halogenated alkanes) is 1. The summed E-state index contributed by atoms with van der Waals surface area (Å²) in [7, 11) is 1.70. The highest BCUT2D eigenvalue weighted by Gasteiger charge is 2.01. The maximum atomic E-state index is 5.48. The van der Waals surface area contributed by atoms with Gasteiger partial charge in [-0.2, -0.15) is 4.98 Å². The third-order valence-corrected chi connectivity index (χ3v) is 2.41. The molecule has 3 N–H and O–H groups in total. The highest BCUT2D eigenvalue weighted by atomic mass is 79.9. The molecule has 0 fully saturated rings. The highest BCUT2D eigenvalue weighted by molar-refractivity contribution is 9.10. The smallest absolute Gasteiger partial charge is 0.221 e. The van der Waals surface area contributed by atoms with Gasteiger partial charge in [0.2, 0.25) is 5.95 Å². The zero-order valence-electron chi connectivity index (χ0n) is 8.66. The summed E-state index contributed by atoms with van der Waals surface area (Å²) in [6.45, 7) is 1.63. The van der Waals surface area contributed by atoms with E-state index in [4.69, 9.17) is 10.5 Å². The Morgan fingerprint density at radius 2 is 2.33 bits per heavy atom. The van der Waals surface area contributed by atoms with E-state index in [0.29, 0.717) is 0 Å². The Balaban J connectivity index is 2.33. The van der Waals surface area contributed by atoms with Crippen LogP contribution in [0.25, 0.3) is 0 Å². The molecule has 6 heteroatoms. The van der Waals surface area contributed by atoms with Crippen LogP contribution in [0.3, 0.4) is 0 Å². The van der Waals surface area contributed by atoms with Gasteiger partial charge in [0.1, 0.15) is 5.82 Å². The van der Waals surface area contributed by atoms with Gasteiger partial charge in [-0.3, -0.25) is 0 Å². The normalized spacial score (nSPS) is 10.3. The maximum Gasteiger partial charge on any atom is 0.221 e. The fourth-order valence-electron chi connectivity index (χ4n) is 1.08. The van der Waals surface area contributed by atoms with Crippen molar-refractivity contribution in [3.05, 3.63) is 10.7 Å². The molecule has 0 saturated carbocycles. The van der Waals surface area contributed by atoms with E-state index in [0.717, 1.165) is 36.3 Å². The molecule has 5 nitrogen and oxygen atoms in total. The van der Waals surface area contributed by atoms with Gasteiger partial charge in [-0.05, 0) is 28.8 Å². The molecule has 0 aromatic carbocycles. The van der Waals surface area contributed by atoms with Gasteiger partial charge in [0, 0.05) is 26.5 Å². The van der Waals surface area contributed by atoms with Crippen molar-refractivity contribution in [2.45, 2.75) is 12.8 Å². The van der Waals surface area contributed by atoms with Gasteiger partial charge in [-0.25, -0.2) is 4.98 Å². The molecule has 0 unspecified atom stereocenters. The summed E-state index contributed by atoms with van der Waals surface area (Å²) in [6, 6.07) is 0. The van der Waals surface area contributed by atoms with Crippen molar-refractivity contribution in [3.8, 4) is 0 Å². The first-order chi connectivity index (χ1) is 7.24. The molecule has 0 atom stereocenters. The molecule has 1 aromatic heterocycles. The fourth-order valence-corrected chi connectivity index (χ4v) is 1.41. The molecule has 1 rings (SSSR count). The molecule has 0 saturated heterocycles. The molecule has 0 amide bonds. The first-order valence-corrected chi connectivity index (χ1v) is 5.54. The molecule has 15 heavy (non-hydrogen) atoms. The van der Waals surface area contributed by atoms with E-state index in [-0.39, 0.29) is 5.95 Å². The summed E-state index contributed by atoms with van der Waals surface area (Å²) >= 11 is 3.35. The third kappa shape index (κ3) is 4.44. The van der Waals surface area contributed by atoms with Crippen molar-refractivity contribution in [1.82, 2.24) is 9.97 Å². The van der Waals surface area contributed by atoms with Gasteiger partial charge in [0.25, 0.3) is 0 Å². The van der Waals surface area contributed by atoms with Gasteiger partial charge in [0.05, 0.1) is 4.47 Å². The van der Waals surface area contributed by atoms with Gasteiger partial charge >= 0.3 is 0 Å². The van der Waals surface area contributed by atoms with Crippen molar-refractivity contribution in [2.75, 3.05) is 31.3 Å². The van der Waals surface area contributed by atoms with Crippen LogP contribution in [-0.4, -0.2) is 30.2 Å². The van der Waals surface area contributed by atoms with Crippen molar-refractivity contribution < 1.29 is 4.74 Å². The summed E-state index contributed by atoms with van der Waals surface area (Å²) in [6.07, 6.45) is 3.70. The molecule has 0 aliphatic heterocycles. The van der Waals surface area contributed by atoms with Gasteiger partial charge in [-0.1, -0.05) is 0 Å². The Kier molecular flexibility index (Phi) is 5.34. The minimum atomic E-state index is 0.276. The van der Waals surface area contributed by atoms with E-state index >= 15 is 0 Å². The average Bonchev–Trinajstić information content (AvgIpc) is 2.23. The van der Waals surface area contributed by atoms with Crippen LogP contribution in [-0.2, 0) is 4.74 Å². The number of anilines is 2. The summed E-state index contributed by atoms with van der Waals surface area (Å²) in [5, 5.41) is 3.18. The number of ether oxygens (including phenoxy) is 1. The zero-order chi connectivity index (χ0) is 11.1. The molecular weight excluding hydrogens is 260 g/mol. The Morgan fingerprint density at radius 3 is 3.07 bits per heavy atom. The van der Waals surface area contributed by atoms with Crippen molar-refractivity contribution in [1.29, 1.82) is 0 Å². The molecule has 0 aliphatic carbocycles. The van der Waals surface area contributed by atoms with Crippen LogP contribution in [0.4, 0.5) is 11.8 Å². The number of nitrogens with zero attached hydrogens (tertiary/aromatic N) is 2.